The van der Waals surface area contributed by atoms with Gasteiger partial charge in [0, 0.05) is 46.2 Å². The lowest BCUT2D eigenvalue weighted by Crippen LogP contribution is -2.60. The molecule has 7 atom stereocenters. The summed E-state index contributed by atoms with van der Waals surface area (Å²) in [6.07, 6.45) is 1.15. The van der Waals surface area contributed by atoms with Crippen LogP contribution in [0.25, 0.3) is 0 Å². The number of likely N-dealkylation sites (N-methyl/N-ethyl adjacent to an activating group) is 1. The summed E-state index contributed by atoms with van der Waals surface area (Å²) >= 11 is 0. The zero-order valence-electron chi connectivity index (χ0n) is 32.9. The number of nitrogens with two attached hydrogens (primary N) is 2. The summed E-state index contributed by atoms with van der Waals surface area (Å²) in [5.74, 6) is -4.24. The molecule has 2 aromatic carbocycles. The van der Waals surface area contributed by atoms with E-state index < -0.39 is 78.2 Å². The van der Waals surface area contributed by atoms with Crippen molar-refractivity contribution < 1.29 is 33.9 Å². The number of carboxylic acids is 1. The number of ketones is 1. The third-order valence-electron chi connectivity index (χ3n) is 11.0. The first kappa shape index (κ1) is 44.0. The predicted molar refractivity (Wildman–Crippen MR) is 212 cm³/mol. The minimum atomic E-state index is -1.27. The van der Waals surface area contributed by atoms with E-state index in [9.17, 15) is 33.9 Å². The zero-order chi connectivity index (χ0) is 40.8. The third-order valence-corrected chi connectivity index (χ3v) is 11.0. The van der Waals surface area contributed by atoms with Crippen LogP contribution in [0.3, 0.4) is 0 Å². The molecule has 15 nitrogen and oxygen atoms in total. The van der Waals surface area contributed by atoms with Crippen LogP contribution in [-0.4, -0.2) is 131 Å². The number of benzene rings is 2. The first-order chi connectivity index (χ1) is 26.8. The SMILES string of the molecule is CC[C@H](C)[C@H](NC(=O)[C@H](N)Cc1ccccc1)C(=O)N[C@@H](CCC(N)N1CCNCC1)C(=O)N(C)[C@@H](Cc1ccccc1)C(=O)N1CCC[C@H]1C(=O)CC(=O)O. The molecule has 15 heteroatoms. The van der Waals surface area contributed by atoms with Gasteiger partial charge >= 0.3 is 5.97 Å². The summed E-state index contributed by atoms with van der Waals surface area (Å²) in [6.45, 7) is 6.97. The van der Waals surface area contributed by atoms with E-state index in [0.717, 1.165) is 37.3 Å². The van der Waals surface area contributed by atoms with Crippen molar-refractivity contribution in [1.82, 2.24) is 30.7 Å². The fourth-order valence-corrected chi connectivity index (χ4v) is 7.43. The molecule has 56 heavy (non-hydrogen) atoms. The van der Waals surface area contributed by atoms with E-state index >= 15 is 0 Å². The van der Waals surface area contributed by atoms with Crippen molar-refractivity contribution in [3.05, 3.63) is 71.8 Å². The van der Waals surface area contributed by atoms with Gasteiger partial charge < -0.3 is 42.3 Å². The molecule has 2 saturated heterocycles. The highest BCUT2D eigenvalue weighted by molar-refractivity contribution is 6.01. The van der Waals surface area contributed by atoms with E-state index in [1.54, 1.807) is 0 Å². The van der Waals surface area contributed by atoms with Gasteiger partial charge in [0.25, 0.3) is 0 Å². The van der Waals surface area contributed by atoms with Gasteiger partial charge in [-0.2, -0.15) is 0 Å². The fraction of sp³-hybridized carbons (Fsp3) is 0.561. The van der Waals surface area contributed by atoms with Crippen LogP contribution in [0, 0.1) is 5.92 Å². The fourth-order valence-electron chi connectivity index (χ4n) is 7.43. The van der Waals surface area contributed by atoms with E-state index in [-0.39, 0.29) is 31.7 Å². The maximum absolute atomic E-state index is 14.7. The summed E-state index contributed by atoms with van der Waals surface area (Å²) in [7, 11) is 1.50. The van der Waals surface area contributed by atoms with E-state index in [4.69, 9.17) is 11.5 Å². The summed E-state index contributed by atoms with van der Waals surface area (Å²) in [5, 5.41) is 18.4. The second-order valence-electron chi connectivity index (χ2n) is 15.0. The Bertz CT molecular complexity index is 1620. The Labute approximate surface area is 329 Å². The maximum Gasteiger partial charge on any atom is 0.310 e. The van der Waals surface area contributed by atoms with Crippen LogP contribution in [0.2, 0.25) is 0 Å². The van der Waals surface area contributed by atoms with Gasteiger partial charge in [-0.3, -0.25) is 33.7 Å². The number of carboxylic acid groups (broad SMARTS) is 1. The Morgan fingerprint density at radius 2 is 1.48 bits per heavy atom. The lowest BCUT2D eigenvalue weighted by Gasteiger charge is -2.36. The zero-order valence-corrected chi connectivity index (χ0v) is 32.9. The minimum Gasteiger partial charge on any atom is -0.481 e. The largest absolute Gasteiger partial charge is 0.481 e. The summed E-state index contributed by atoms with van der Waals surface area (Å²) in [4.78, 5) is 85.9. The number of carbonyl (C=O) groups excluding carboxylic acids is 5. The number of nitrogens with zero attached hydrogens (tertiary/aromatic N) is 3. The highest BCUT2D eigenvalue weighted by Crippen LogP contribution is 2.24. The van der Waals surface area contributed by atoms with Crippen molar-refractivity contribution in [1.29, 1.82) is 0 Å². The van der Waals surface area contributed by atoms with Gasteiger partial charge in [0.1, 0.15) is 24.5 Å². The van der Waals surface area contributed by atoms with Gasteiger partial charge in [0.05, 0.1) is 18.2 Å². The van der Waals surface area contributed by atoms with Gasteiger partial charge in [0.2, 0.25) is 23.6 Å². The highest BCUT2D eigenvalue weighted by atomic mass is 16.4. The standard InChI is InChI=1S/C41H60N8O7/c1-4-27(2)37(46-38(53)30(42)24-28-12-7-5-8-13-28)39(54)45-31(17-18-35(43)48-22-19-44-20-23-48)40(55)47(3)33(25-29-14-9-6-10-15-29)41(56)49-21-11-16-32(49)34(50)26-36(51)52/h5-10,12-15,27,30-33,35,37,44H,4,11,16-26,42-43H2,1-3H3,(H,45,54)(H,46,53)(H,51,52)/t27-,30+,31-,32-,33-,35?,37-/m0/s1. The number of carbonyl (C=O) groups is 6. The van der Waals surface area contributed by atoms with Gasteiger partial charge in [-0.05, 0) is 49.1 Å². The smallest absolute Gasteiger partial charge is 0.310 e. The topological polar surface area (TPSA) is 220 Å². The van der Waals surface area contributed by atoms with Gasteiger partial charge in [-0.15, -0.1) is 0 Å². The molecule has 0 aliphatic carbocycles. The second kappa shape index (κ2) is 21.6. The first-order valence-corrected chi connectivity index (χ1v) is 19.8. The molecular weight excluding hydrogens is 716 g/mol. The van der Waals surface area contributed by atoms with E-state index in [1.807, 2.05) is 74.5 Å². The van der Waals surface area contributed by atoms with Crippen molar-refractivity contribution >= 4 is 35.4 Å². The summed E-state index contributed by atoms with van der Waals surface area (Å²) in [6, 6.07) is 13.4. The van der Waals surface area contributed by atoms with Crippen molar-refractivity contribution in [3.63, 3.8) is 0 Å². The van der Waals surface area contributed by atoms with E-state index in [2.05, 4.69) is 20.9 Å². The molecule has 0 radical (unpaired) electrons. The average Bonchev–Trinajstić information content (AvgIpc) is 3.70. The van der Waals surface area contributed by atoms with Crippen LogP contribution in [0.5, 0.6) is 0 Å². The van der Waals surface area contributed by atoms with Crippen molar-refractivity contribution in [3.8, 4) is 0 Å². The molecular formula is C41H60N8O7. The van der Waals surface area contributed by atoms with Crippen LogP contribution in [0.15, 0.2) is 60.7 Å². The molecule has 1 unspecified atom stereocenters. The quantitative estimate of drug-likeness (QED) is 0.103. The number of rotatable bonds is 20. The van der Waals surface area contributed by atoms with Crippen LogP contribution in [0.4, 0.5) is 0 Å². The molecule has 0 spiro atoms. The third kappa shape index (κ3) is 12.4. The van der Waals surface area contributed by atoms with Gasteiger partial charge in [0.15, 0.2) is 5.78 Å². The van der Waals surface area contributed by atoms with Crippen LogP contribution in [-0.2, 0) is 41.6 Å². The Kier molecular flexibility index (Phi) is 16.9. The highest BCUT2D eigenvalue weighted by Gasteiger charge is 2.41. The Morgan fingerprint density at radius 3 is 2.07 bits per heavy atom. The number of hydrogen-bond donors (Lipinski definition) is 6. The number of nitrogens with one attached hydrogen (secondary N) is 3. The van der Waals surface area contributed by atoms with Crippen molar-refractivity contribution in [2.45, 2.75) is 102 Å². The molecule has 4 rings (SSSR count). The van der Waals surface area contributed by atoms with Crippen molar-refractivity contribution in [2.24, 2.45) is 17.4 Å². The lowest BCUT2D eigenvalue weighted by atomic mass is 9.96. The number of amides is 4. The molecule has 2 heterocycles. The summed E-state index contributed by atoms with van der Waals surface area (Å²) < 4.78 is 0. The molecule has 8 N–H and O–H groups in total. The summed E-state index contributed by atoms with van der Waals surface area (Å²) in [5.41, 5.74) is 14.6. The lowest BCUT2D eigenvalue weighted by molar-refractivity contribution is -0.149. The molecule has 0 saturated carbocycles. The first-order valence-electron chi connectivity index (χ1n) is 19.8. The normalized spacial score (nSPS) is 19.2. The maximum atomic E-state index is 14.7. The number of piperazine rings is 1. The Hall–Kier alpha value is -4.70. The predicted octanol–water partition coefficient (Wildman–Crippen LogP) is 0.647. The number of Topliss-reactive ketones (excluding diaryl/α,β-unsaturated/α-hetero) is 1. The monoisotopic (exact) mass is 776 g/mol. The van der Waals surface area contributed by atoms with Gasteiger partial charge in [-0.1, -0.05) is 80.9 Å². The Morgan fingerprint density at radius 1 is 0.875 bits per heavy atom. The molecule has 2 fully saturated rings. The number of likely N-dealkylation sites (tertiary alicyclic amines) is 1. The van der Waals surface area contributed by atoms with Crippen LogP contribution in [0.1, 0.15) is 63.5 Å². The van der Waals surface area contributed by atoms with E-state index in [1.165, 1.54) is 16.8 Å². The number of hydrogen-bond acceptors (Lipinski definition) is 10. The molecule has 2 aliphatic rings. The van der Waals surface area contributed by atoms with Gasteiger partial charge in [-0.25, -0.2) is 0 Å². The van der Waals surface area contributed by atoms with Crippen molar-refractivity contribution in [2.75, 3.05) is 39.8 Å². The second-order valence-corrected chi connectivity index (χ2v) is 15.0. The number of aliphatic carboxylic acids is 1. The molecule has 4 amide bonds. The average molecular weight is 777 g/mol. The van der Waals surface area contributed by atoms with Crippen LogP contribution < -0.4 is 27.4 Å². The molecule has 0 bridgehead atoms. The minimum absolute atomic E-state index is 0.115. The Balaban J connectivity index is 1.61. The molecule has 2 aromatic rings. The molecule has 306 valence electrons. The molecule has 0 aromatic heterocycles. The van der Waals surface area contributed by atoms with E-state index in [0.29, 0.717) is 25.7 Å². The van der Waals surface area contributed by atoms with Crippen LogP contribution >= 0.6 is 0 Å². The molecule has 2 aliphatic heterocycles.